The Bertz CT molecular complexity index is 1660. The van der Waals surface area contributed by atoms with E-state index < -0.39 is 29.2 Å². The van der Waals surface area contributed by atoms with E-state index in [1.807, 2.05) is 32.0 Å². The van der Waals surface area contributed by atoms with Crippen molar-refractivity contribution in [1.82, 2.24) is 4.57 Å². The molecule has 0 fully saturated rings. The van der Waals surface area contributed by atoms with Crippen LogP contribution >= 0.6 is 11.3 Å². The maximum Gasteiger partial charge on any atom is 0.332 e. The number of anilines is 1. The second-order valence-corrected chi connectivity index (χ2v) is 9.19. The average Bonchev–Trinajstić information content (AvgIpc) is 3.16. The predicted molar refractivity (Wildman–Crippen MR) is 134 cm³/mol. The lowest BCUT2D eigenvalue weighted by atomic mass is 9.83. The van der Waals surface area contributed by atoms with Gasteiger partial charge >= 0.3 is 5.97 Å². The molecule has 0 saturated carbocycles. The third-order valence-electron chi connectivity index (χ3n) is 5.80. The van der Waals surface area contributed by atoms with E-state index in [1.54, 1.807) is 6.07 Å². The highest BCUT2D eigenvalue weighted by molar-refractivity contribution is 7.07. The lowest BCUT2D eigenvalue weighted by Crippen LogP contribution is -2.41. The van der Waals surface area contributed by atoms with Gasteiger partial charge in [0.25, 0.3) is 11.5 Å². The number of nitriles is 1. The zero-order valence-corrected chi connectivity index (χ0v) is 20.4. The smallest absolute Gasteiger partial charge is 0.332 e. The molecule has 0 aliphatic carbocycles. The highest BCUT2D eigenvalue weighted by Gasteiger charge is 2.35. The first-order chi connectivity index (χ1) is 17.2. The second kappa shape index (κ2) is 9.64. The highest BCUT2D eigenvalue weighted by Crippen LogP contribution is 2.36. The van der Waals surface area contributed by atoms with E-state index in [-0.39, 0.29) is 26.2 Å². The molecule has 182 valence electrons. The largest absolute Gasteiger partial charge is 0.466 e. The second-order valence-electron chi connectivity index (χ2n) is 8.16. The Morgan fingerprint density at radius 3 is 2.53 bits per heavy atom. The van der Waals surface area contributed by atoms with E-state index >= 15 is 0 Å². The number of nitrogens with one attached hydrogen (secondary N) is 1. The third-order valence-corrected chi connectivity index (χ3v) is 6.91. The van der Waals surface area contributed by atoms with Gasteiger partial charge < -0.3 is 15.8 Å². The summed E-state index contributed by atoms with van der Waals surface area (Å²) < 4.78 is 19.5. The standard InChI is InChI=1S/C26H21FN4O4S/c1-13-4-9-18(14(2)10-13)30-24(33)22-21(15-5-7-16(27)8-6-15)17(12-28)23(29)31-25(34)19(36-26(22)31)11-20(32)35-3/h4-11,21H,29H2,1-3H3,(H,30,33)/b19-11-/t21-/m1/s1. The number of aryl methyl sites for hydroxylation is 2. The zero-order valence-electron chi connectivity index (χ0n) is 19.6. The summed E-state index contributed by atoms with van der Waals surface area (Å²) in [5.74, 6) is -2.97. The van der Waals surface area contributed by atoms with E-state index in [9.17, 15) is 24.0 Å². The van der Waals surface area contributed by atoms with Crippen molar-refractivity contribution in [1.29, 1.82) is 5.26 Å². The summed E-state index contributed by atoms with van der Waals surface area (Å²) in [6.45, 7) is 3.77. The van der Waals surface area contributed by atoms with Gasteiger partial charge in [0.15, 0.2) is 0 Å². The van der Waals surface area contributed by atoms with Gasteiger partial charge in [-0.2, -0.15) is 5.26 Å². The Kier molecular flexibility index (Phi) is 6.59. The average molecular weight is 505 g/mol. The van der Waals surface area contributed by atoms with E-state index in [4.69, 9.17) is 5.73 Å². The molecule has 0 bridgehead atoms. The molecule has 2 heterocycles. The minimum Gasteiger partial charge on any atom is -0.466 e. The van der Waals surface area contributed by atoms with Crippen LogP contribution in [0.3, 0.4) is 0 Å². The molecule has 1 amide bonds. The first-order valence-corrected chi connectivity index (χ1v) is 11.6. The zero-order chi connectivity index (χ0) is 26.1. The SMILES string of the molecule is COC(=O)/C=c1\sc2n(c1=O)C(N)=C(C#N)[C@@H](c1ccc(F)cc1)C=2C(=O)Nc1ccc(C)cc1C. The van der Waals surface area contributed by atoms with Crippen molar-refractivity contribution < 1.29 is 18.7 Å². The van der Waals surface area contributed by atoms with Crippen molar-refractivity contribution in [2.24, 2.45) is 5.73 Å². The number of halogens is 1. The number of hydrogen-bond acceptors (Lipinski definition) is 7. The summed E-state index contributed by atoms with van der Waals surface area (Å²) in [5.41, 5.74) is 8.43. The monoisotopic (exact) mass is 504 g/mol. The fourth-order valence-corrected chi connectivity index (χ4v) is 5.20. The number of methoxy groups -OCH3 is 1. The number of ether oxygens (including phenoxy) is 1. The minimum absolute atomic E-state index is 0.0198. The molecule has 0 radical (unpaired) electrons. The first kappa shape index (κ1) is 24.6. The van der Waals surface area contributed by atoms with Crippen molar-refractivity contribution in [3.8, 4) is 6.07 Å². The number of esters is 1. The molecule has 2 aromatic carbocycles. The van der Waals surface area contributed by atoms with Crippen LogP contribution < -0.4 is 25.8 Å². The summed E-state index contributed by atoms with van der Waals surface area (Å²) in [5, 5.41) is 12.9. The van der Waals surface area contributed by atoms with Crippen molar-refractivity contribution in [2.45, 2.75) is 19.8 Å². The number of allylic oxidation sites excluding steroid dienone is 1. The van der Waals surface area contributed by atoms with Crippen LogP contribution in [-0.4, -0.2) is 23.6 Å². The summed E-state index contributed by atoms with van der Waals surface area (Å²) in [6.07, 6.45) is 1.00. The van der Waals surface area contributed by atoms with Crippen LogP contribution in [0.4, 0.5) is 10.1 Å². The van der Waals surface area contributed by atoms with Crippen LogP contribution in [0.15, 0.2) is 52.8 Å². The molecule has 3 aromatic rings. The van der Waals surface area contributed by atoms with E-state index in [1.165, 1.54) is 31.4 Å². The number of rotatable bonds is 4. The van der Waals surface area contributed by atoms with Gasteiger partial charge in [-0.05, 0) is 43.2 Å². The Balaban J connectivity index is 2.05. The summed E-state index contributed by atoms with van der Waals surface area (Å²) in [7, 11) is 1.17. The van der Waals surface area contributed by atoms with Gasteiger partial charge in [0.05, 0.1) is 30.2 Å². The normalized spacial score (nSPS) is 15.4. The molecular weight excluding hydrogens is 483 g/mol. The Labute approximate surface area is 209 Å². The molecule has 0 unspecified atom stereocenters. The number of benzene rings is 2. The van der Waals surface area contributed by atoms with Crippen LogP contribution in [0.25, 0.3) is 17.5 Å². The van der Waals surface area contributed by atoms with Gasteiger partial charge in [0.2, 0.25) is 0 Å². The number of fused-ring (bicyclic) bond motifs is 1. The highest BCUT2D eigenvalue weighted by atomic mass is 32.1. The summed E-state index contributed by atoms with van der Waals surface area (Å²) in [6, 6.07) is 12.9. The number of thiazole rings is 1. The van der Waals surface area contributed by atoms with Crippen LogP contribution in [0.1, 0.15) is 22.6 Å². The fraction of sp³-hybridized carbons (Fsp3) is 0.154. The Hall–Kier alpha value is -4.49. The molecule has 0 spiro atoms. The Morgan fingerprint density at radius 2 is 1.92 bits per heavy atom. The lowest BCUT2D eigenvalue weighted by molar-refractivity contribution is -0.133. The Morgan fingerprint density at radius 1 is 1.22 bits per heavy atom. The molecule has 1 aromatic heterocycles. The van der Waals surface area contributed by atoms with Gasteiger partial charge in [-0.25, -0.2) is 9.18 Å². The lowest BCUT2D eigenvalue weighted by Gasteiger charge is -2.25. The van der Waals surface area contributed by atoms with Gasteiger partial charge in [-0.3, -0.25) is 14.2 Å². The van der Waals surface area contributed by atoms with Gasteiger partial charge in [0, 0.05) is 11.8 Å². The van der Waals surface area contributed by atoms with Gasteiger partial charge in [0.1, 0.15) is 20.8 Å². The van der Waals surface area contributed by atoms with Crippen LogP contribution in [-0.2, 0) is 14.3 Å². The van der Waals surface area contributed by atoms with Crippen LogP contribution in [0.2, 0.25) is 0 Å². The molecule has 0 saturated heterocycles. The number of nitrogens with zero attached hydrogens (tertiary/aromatic N) is 2. The molecule has 3 N–H and O–H groups in total. The van der Waals surface area contributed by atoms with Crippen molar-refractivity contribution in [2.75, 3.05) is 12.4 Å². The maximum absolute atomic E-state index is 13.8. The quantitative estimate of drug-likeness (QED) is 0.522. The number of carbonyl (C=O) groups is 2. The fourth-order valence-electron chi connectivity index (χ4n) is 4.07. The number of amides is 1. The molecule has 8 nitrogen and oxygen atoms in total. The molecule has 1 atom stereocenters. The molecular formula is C26H21FN4O4S. The third kappa shape index (κ3) is 4.32. The maximum atomic E-state index is 13.8. The van der Waals surface area contributed by atoms with Crippen molar-refractivity contribution >= 4 is 46.4 Å². The first-order valence-electron chi connectivity index (χ1n) is 10.8. The van der Waals surface area contributed by atoms with Gasteiger partial charge in [-0.15, -0.1) is 11.3 Å². The summed E-state index contributed by atoms with van der Waals surface area (Å²) in [4.78, 5) is 38.8. The van der Waals surface area contributed by atoms with E-state index in [0.717, 1.165) is 33.1 Å². The number of carbonyl (C=O) groups excluding carboxylic acids is 2. The predicted octanol–water partition coefficient (Wildman–Crippen LogP) is 1.86. The van der Waals surface area contributed by atoms with Crippen molar-refractivity contribution in [3.63, 3.8) is 0 Å². The van der Waals surface area contributed by atoms with Crippen molar-refractivity contribution in [3.05, 3.63) is 90.1 Å². The molecule has 4 rings (SSSR count). The minimum atomic E-state index is -0.981. The van der Waals surface area contributed by atoms with Crippen LogP contribution in [0.5, 0.6) is 0 Å². The summed E-state index contributed by atoms with van der Waals surface area (Å²) >= 11 is 0.876. The van der Waals surface area contributed by atoms with E-state index in [2.05, 4.69) is 10.1 Å². The van der Waals surface area contributed by atoms with Gasteiger partial charge in [-0.1, -0.05) is 29.8 Å². The molecule has 1 aliphatic rings. The van der Waals surface area contributed by atoms with Crippen LogP contribution in [0, 0.1) is 31.0 Å². The van der Waals surface area contributed by atoms with E-state index in [0.29, 0.717) is 11.3 Å². The topological polar surface area (TPSA) is 127 Å². The molecule has 10 heteroatoms. The number of nitrogens with two attached hydrogens (primary N) is 1. The number of hydrogen-bond donors (Lipinski definition) is 2. The number of aromatic nitrogens is 1. The molecule has 1 aliphatic heterocycles. The molecule has 36 heavy (non-hydrogen) atoms.